The third kappa shape index (κ3) is 4.84. The Labute approximate surface area is 250 Å². The molecule has 2 aliphatic rings. The molecule has 0 radical (unpaired) electrons. The number of anilines is 2. The van der Waals surface area contributed by atoms with Crippen LogP contribution in [-0.4, -0.2) is 39.6 Å². The van der Waals surface area contributed by atoms with Crippen LogP contribution in [-0.2, 0) is 39.1 Å². The highest BCUT2D eigenvalue weighted by Crippen LogP contribution is 2.46. The van der Waals surface area contributed by atoms with E-state index in [-0.39, 0.29) is 28.7 Å². The molecule has 2 unspecified atom stereocenters. The second-order valence-corrected chi connectivity index (χ2v) is 11.2. The number of nitrogens with zero attached hydrogens (tertiary/aromatic N) is 3. The number of benzene rings is 2. The maximum Gasteiger partial charge on any atom is 0.331 e. The normalized spacial score (nSPS) is 17.4. The number of carbonyl (C=O) groups is 2. The van der Waals surface area contributed by atoms with Gasteiger partial charge < -0.3 is 15.4 Å². The molecule has 43 heavy (non-hydrogen) atoms. The fourth-order valence-corrected chi connectivity index (χ4v) is 6.26. The van der Waals surface area contributed by atoms with E-state index in [9.17, 15) is 23.6 Å². The van der Waals surface area contributed by atoms with Crippen LogP contribution in [0.1, 0.15) is 29.7 Å². The first-order valence-corrected chi connectivity index (χ1v) is 14.0. The van der Waals surface area contributed by atoms with Crippen LogP contribution in [0.3, 0.4) is 0 Å². The molecule has 2 N–H and O–H groups in total. The summed E-state index contributed by atoms with van der Waals surface area (Å²) in [5.41, 5.74) is 1.18. The van der Waals surface area contributed by atoms with Gasteiger partial charge in [0.25, 0.3) is 5.56 Å². The summed E-state index contributed by atoms with van der Waals surface area (Å²) in [7, 11) is 1.44. The number of nitrogens with one attached hydrogen (secondary N) is 2. The number of hydrogen-bond acceptors (Lipinski definition) is 6. The van der Waals surface area contributed by atoms with Crippen molar-refractivity contribution < 1.29 is 18.7 Å². The van der Waals surface area contributed by atoms with Gasteiger partial charge in [0.15, 0.2) is 0 Å². The van der Waals surface area contributed by atoms with Gasteiger partial charge in [-0.05, 0) is 55.2 Å². The van der Waals surface area contributed by atoms with E-state index in [4.69, 9.17) is 16.3 Å². The van der Waals surface area contributed by atoms with E-state index >= 15 is 0 Å². The second-order valence-electron chi connectivity index (χ2n) is 10.9. The molecule has 1 spiro atoms. The summed E-state index contributed by atoms with van der Waals surface area (Å²) in [6.45, 7) is 1.25. The molecule has 1 aliphatic heterocycles. The Morgan fingerprint density at radius 3 is 2.72 bits per heavy atom. The number of carbonyl (C=O) groups excluding carboxylic acids is 2. The smallest absolute Gasteiger partial charge is 0.331 e. The fourth-order valence-electron chi connectivity index (χ4n) is 6.04. The van der Waals surface area contributed by atoms with Gasteiger partial charge in [0.2, 0.25) is 11.8 Å². The van der Waals surface area contributed by atoms with E-state index in [0.29, 0.717) is 24.3 Å². The lowest BCUT2D eigenvalue weighted by Gasteiger charge is -2.20. The Morgan fingerprint density at radius 1 is 1.14 bits per heavy atom. The molecule has 0 saturated heterocycles. The van der Waals surface area contributed by atoms with Crippen molar-refractivity contribution in [3.05, 3.63) is 109 Å². The molecule has 2 amide bonds. The molecule has 2 aromatic carbocycles. The minimum Gasteiger partial charge on any atom is -0.383 e. The maximum atomic E-state index is 14.3. The van der Waals surface area contributed by atoms with E-state index in [1.54, 1.807) is 19.2 Å². The number of hydrogen-bond donors (Lipinski definition) is 2. The van der Waals surface area contributed by atoms with Crippen molar-refractivity contribution in [3.8, 4) is 11.1 Å². The van der Waals surface area contributed by atoms with E-state index in [2.05, 4.69) is 15.6 Å². The maximum absolute atomic E-state index is 14.3. The van der Waals surface area contributed by atoms with Crippen molar-refractivity contribution in [3.63, 3.8) is 0 Å². The van der Waals surface area contributed by atoms with Crippen LogP contribution >= 0.6 is 11.6 Å². The first-order chi connectivity index (χ1) is 20.6. The molecule has 0 bridgehead atoms. The number of halogens is 2. The van der Waals surface area contributed by atoms with Crippen molar-refractivity contribution in [2.24, 2.45) is 0 Å². The number of fused-ring (bicyclic) bond motifs is 3. The van der Waals surface area contributed by atoms with Gasteiger partial charge in [-0.1, -0.05) is 35.9 Å². The lowest BCUT2D eigenvalue weighted by atomic mass is 9.79. The Balaban J connectivity index is 1.29. The minimum atomic E-state index is -0.747. The van der Waals surface area contributed by atoms with Crippen LogP contribution in [0.25, 0.3) is 11.1 Å². The molecule has 3 heterocycles. The number of rotatable bonds is 7. The molecule has 2 atom stereocenters. The first kappa shape index (κ1) is 28.5. The number of pyridine rings is 1. The third-order valence-electron chi connectivity index (χ3n) is 8.05. The molecule has 10 nitrogen and oxygen atoms in total. The largest absolute Gasteiger partial charge is 0.383 e. The Morgan fingerprint density at radius 2 is 1.93 bits per heavy atom. The van der Waals surface area contributed by atoms with Gasteiger partial charge in [-0.25, -0.2) is 14.2 Å². The highest BCUT2D eigenvalue weighted by Gasteiger charge is 2.51. The molecule has 220 valence electrons. The SMILES string of the molecule is COCC(C)n1c(=O)c(-c2cccc(F)c2Cl)cn(CC(=O)Nc2ccc3c(c2)CC2(C3)C(=O)Nc3ncccc32)c1=O. The standard InChI is InChI=1S/C31H27ClFN5O5/c1-17(16-43-2)38-28(40)22(21-5-3-7-24(33)26(21)32)14-37(30(38)42)15-25(39)35-20-9-8-18-12-31(13-19(18)11-20)23-6-4-10-34-27(23)36-29(31)41/h3-11,14,17H,12-13,15-16H2,1-2H3,(H,35,39)(H,34,36,41). The molecular weight excluding hydrogens is 577 g/mol. The van der Waals surface area contributed by atoms with Gasteiger partial charge in [-0.3, -0.25) is 23.5 Å². The van der Waals surface area contributed by atoms with Crippen LogP contribution in [0.4, 0.5) is 15.9 Å². The predicted molar refractivity (Wildman–Crippen MR) is 159 cm³/mol. The zero-order valence-electron chi connectivity index (χ0n) is 23.3. The van der Waals surface area contributed by atoms with Crippen molar-refractivity contribution >= 4 is 34.9 Å². The minimum absolute atomic E-state index is 0.0349. The third-order valence-corrected chi connectivity index (χ3v) is 8.44. The van der Waals surface area contributed by atoms with Crippen molar-refractivity contribution in [1.82, 2.24) is 14.1 Å². The van der Waals surface area contributed by atoms with Crippen molar-refractivity contribution in [2.75, 3.05) is 24.4 Å². The molecule has 12 heteroatoms. The highest BCUT2D eigenvalue weighted by atomic mass is 35.5. The summed E-state index contributed by atoms with van der Waals surface area (Å²) in [6.07, 6.45) is 3.83. The topological polar surface area (TPSA) is 124 Å². The number of ether oxygens (including phenoxy) is 1. The monoisotopic (exact) mass is 603 g/mol. The summed E-state index contributed by atoms with van der Waals surface area (Å²) in [5.74, 6) is -0.781. The summed E-state index contributed by atoms with van der Waals surface area (Å²) < 4.78 is 21.5. The number of methoxy groups -OCH3 is 1. The summed E-state index contributed by atoms with van der Waals surface area (Å²) in [5, 5.41) is 5.42. The van der Waals surface area contributed by atoms with Crippen LogP contribution in [0, 0.1) is 5.82 Å². The average Bonchev–Trinajstić information content (AvgIpc) is 3.49. The average molecular weight is 604 g/mol. The Hall–Kier alpha value is -4.61. The summed E-state index contributed by atoms with van der Waals surface area (Å²) >= 11 is 6.18. The molecule has 2 aromatic heterocycles. The first-order valence-electron chi connectivity index (χ1n) is 13.6. The van der Waals surface area contributed by atoms with Crippen molar-refractivity contribution in [2.45, 2.75) is 37.8 Å². The zero-order valence-corrected chi connectivity index (χ0v) is 24.1. The van der Waals surface area contributed by atoms with Crippen LogP contribution in [0.15, 0.2) is 70.5 Å². The van der Waals surface area contributed by atoms with E-state index < -0.39 is 41.0 Å². The van der Waals surface area contributed by atoms with Gasteiger partial charge in [-0.15, -0.1) is 0 Å². The number of amides is 2. The van der Waals surface area contributed by atoms with Gasteiger partial charge in [0, 0.05) is 36.3 Å². The summed E-state index contributed by atoms with van der Waals surface area (Å²) in [6, 6.07) is 12.5. The fraction of sp³-hybridized carbons (Fsp3) is 0.258. The quantitative estimate of drug-likeness (QED) is 0.332. The molecule has 4 aromatic rings. The molecule has 0 saturated carbocycles. The Bertz CT molecular complexity index is 1920. The van der Waals surface area contributed by atoms with Crippen LogP contribution in [0.5, 0.6) is 0 Å². The summed E-state index contributed by atoms with van der Waals surface area (Å²) in [4.78, 5) is 57.3. The van der Waals surface area contributed by atoms with Crippen molar-refractivity contribution in [1.29, 1.82) is 0 Å². The molecule has 6 rings (SSSR count). The van der Waals surface area contributed by atoms with Crippen LogP contribution < -0.4 is 21.9 Å². The van der Waals surface area contributed by atoms with E-state index in [1.165, 1.54) is 25.4 Å². The predicted octanol–water partition coefficient (Wildman–Crippen LogP) is 3.70. The van der Waals surface area contributed by atoms with Crippen LogP contribution in [0.2, 0.25) is 5.02 Å². The lowest BCUT2D eigenvalue weighted by molar-refractivity contribution is -0.120. The Kier molecular flexibility index (Phi) is 7.23. The van der Waals surface area contributed by atoms with Gasteiger partial charge in [0.05, 0.1) is 28.6 Å². The second kappa shape index (κ2) is 10.9. The van der Waals surface area contributed by atoms with E-state index in [1.807, 2.05) is 24.3 Å². The van der Waals surface area contributed by atoms with Gasteiger partial charge in [0.1, 0.15) is 18.2 Å². The molecular formula is C31H27ClFN5O5. The van der Waals surface area contributed by atoms with Gasteiger partial charge >= 0.3 is 5.69 Å². The van der Waals surface area contributed by atoms with Gasteiger partial charge in [-0.2, -0.15) is 0 Å². The zero-order chi connectivity index (χ0) is 30.5. The molecule has 0 fully saturated rings. The molecule has 1 aliphatic carbocycles. The lowest BCUT2D eigenvalue weighted by Crippen LogP contribution is -2.44. The highest BCUT2D eigenvalue weighted by molar-refractivity contribution is 6.33. The van der Waals surface area contributed by atoms with E-state index in [0.717, 1.165) is 31.9 Å². The number of aromatic nitrogens is 3.